The third-order valence-corrected chi connectivity index (χ3v) is 0.940. The van der Waals surface area contributed by atoms with Gasteiger partial charge < -0.3 is 0 Å². The van der Waals surface area contributed by atoms with Crippen molar-refractivity contribution in [1.29, 1.82) is 5.41 Å². The smallest absolute Gasteiger partial charge is 0.0554 e. The fourth-order valence-electron chi connectivity index (χ4n) is 0.534. The largest absolute Gasteiger partial charge is 0.248 e. The molecular formula is C8H9NS. The number of thiocarbonyl (C=S) groups is 1. The van der Waals surface area contributed by atoms with E-state index in [1.165, 1.54) is 5.56 Å². The van der Waals surface area contributed by atoms with Crippen molar-refractivity contribution in [3.05, 3.63) is 35.9 Å². The molecule has 10 heavy (non-hydrogen) atoms. The van der Waals surface area contributed by atoms with Crippen molar-refractivity contribution in [2.45, 2.75) is 6.92 Å². The van der Waals surface area contributed by atoms with Crippen molar-refractivity contribution in [1.82, 2.24) is 0 Å². The zero-order valence-corrected chi connectivity index (χ0v) is 6.61. The highest BCUT2D eigenvalue weighted by atomic mass is 32.1. The van der Waals surface area contributed by atoms with Crippen LogP contribution in [0.3, 0.4) is 0 Å². The highest BCUT2D eigenvalue weighted by molar-refractivity contribution is 7.78. The Kier molecular flexibility index (Phi) is 5.54. The van der Waals surface area contributed by atoms with Crippen LogP contribution in [0.15, 0.2) is 30.3 Å². The van der Waals surface area contributed by atoms with Crippen LogP contribution in [0, 0.1) is 12.3 Å². The third kappa shape index (κ3) is 5.16. The van der Waals surface area contributed by atoms with Crippen LogP contribution in [0.5, 0.6) is 0 Å². The topological polar surface area (TPSA) is 23.9 Å². The summed E-state index contributed by atoms with van der Waals surface area (Å²) < 4.78 is 0. The van der Waals surface area contributed by atoms with E-state index in [2.05, 4.69) is 31.3 Å². The van der Waals surface area contributed by atoms with Gasteiger partial charge in [0.05, 0.1) is 5.16 Å². The van der Waals surface area contributed by atoms with Crippen LogP contribution in [-0.4, -0.2) is 5.16 Å². The third-order valence-electron chi connectivity index (χ3n) is 0.940. The van der Waals surface area contributed by atoms with E-state index in [-0.39, 0.29) is 0 Å². The molecule has 0 atom stereocenters. The summed E-state index contributed by atoms with van der Waals surface area (Å²) in [7, 11) is 0. The minimum absolute atomic E-state index is 1.32. The fraction of sp³-hybridized carbons (Fsp3) is 0.125. The molecule has 0 heterocycles. The molecule has 0 aromatic heterocycles. The van der Waals surface area contributed by atoms with Crippen molar-refractivity contribution in [2.75, 3.05) is 0 Å². The Hall–Kier alpha value is -0.980. The zero-order chi connectivity index (χ0) is 7.82. The summed E-state index contributed by atoms with van der Waals surface area (Å²) in [6, 6.07) is 10.3. The van der Waals surface area contributed by atoms with E-state index in [1.54, 1.807) is 5.16 Å². The summed E-state index contributed by atoms with van der Waals surface area (Å²) in [5.41, 5.74) is 1.32. The van der Waals surface area contributed by atoms with Crippen molar-refractivity contribution in [2.24, 2.45) is 0 Å². The molecular weight excluding hydrogens is 142 g/mol. The van der Waals surface area contributed by atoms with Gasteiger partial charge in [0, 0.05) is 0 Å². The number of hydrogen-bond acceptors (Lipinski definition) is 2. The lowest BCUT2D eigenvalue weighted by Gasteiger charge is -1.82. The summed E-state index contributed by atoms with van der Waals surface area (Å²) >= 11 is 3.81. The molecule has 0 aliphatic rings. The highest BCUT2D eigenvalue weighted by Crippen LogP contribution is 1.92. The zero-order valence-electron chi connectivity index (χ0n) is 5.79. The second kappa shape index (κ2) is 6.14. The summed E-state index contributed by atoms with van der Waals surface area (Å²) in [6.07, 6.45) is 0. The van der Waals surface area contributed by atoms with Gasteiger partial charge in [0.1, 0.15) is 0 Å². The van der Waals surface area contributed by atoms with Crippen molar-refractivity contribution in [3.63, 3.8) is 0 Å². The molecule has 0 unspecified atom stereocenters. The molecule has 1 N–H and O–H groups in total. The van der Waals surface area contributed by atoms with Gasteiger partial charge in [-0.25, -0.2) is 5.41 Å². The Labute approximate surface area is 66.2 Å². The van der Waals surface area contributed by atoms with E-state index in [0.717, 1.165) is 0 Å². The van der Waals surface area contributed by atoms with Gasteiger partial charge in [-0.2, -0.15) is 0 Å². The molecule has 0 spiro atoms. The molecule has 2 heteroatoms. The van der Waals surface area contributed by atoms with Gasteiger partial charge >= 0.3 is 0 Å². The number of hydrogen-bond donors (Lipinski definition) is 1. The van der Waals surface area contributed by atoms with E-state index >= 15 is 0 Å². The summed E-state index contributed by atoms with van der Waals surface area (Å²) in [4.78, 5) is 0. The first kappa shape index (κ1) is 9.02. The average Bonchev–Trinajstić information content (AvgIpc) is 1.91. The molecule has 0 amide bonds. The van der Waals surface area contributed by atoms with Crippen LogP contribution in [0.25, 0.3) is 0 Å². The summed E-state index contributed by atoms with van der Waals surface area (Å²) in [5, 5.41) is 7.36. The molecule has 0 radical (unpaired) electrons. The van der Waals surface area contributed by atoms with E-state index in [9.17, 15) is 0 Å². The lowest BCUT2D eigenvalue weighted by Crippen LogP contribution is -1.62. The number of nitrogens with one attached hydrogen (secondary N) is 1. The molecule has 1 aromatic rings. The van der Waals surface area contributed by atoms with Gasteiger partial charge in [0.15, 0.2) is 0 Å². The Bertz CT molecular complexity index is 200. The molecule has 1 rings (SSSR count). The second-order valence-electron chi connectivity index (χ2n) is 1.76. The van der Waals surface area contributed by atoms with Crippen molar-refractivity contribution in [3.8, 4) is 0 Å². The maximum atomic E-state index is 5.77. The predicted molar refractivity (Wildman–Crippen MR) is 46.5 cm³/mol. The van der Waals surface area contributed by atoms with Crippen LogP contribution in [0.1, 0.15) is 5.56 Å². The van der Waals surface area contributed by atoms with Crippen LogP contribution in [0.2, 0.25) is 0 Å². The molecule has 0 fully saturated rings. The molecule has 1 nitrogen and oxygen atoms in total. The van der Waals surface area contributed by atoms with Crippen LogP contribution in [0.4, 0.5) is 0 Å². The quantitative estimate of drug-likeness (QED) is 0.447. The van der Waals surface area contributed by atoms with E-state index < -0.39 is 0 Å². The van der Waals surface area contributed by atoms with E-state index in [4.69, 9.17) is 5.41 Å². The Morgan fingerprint density at radius 2 is 1.70 bits per heavy atom. The summed E-state index contributed by atoms with van der Waals surface area (Å²) in [6.45, 7) is 2.08. The first-order chi connectivity index (χ1) is 4.81. The minimum atomic E-state index is 1.32. The number of isothiocyanates is 1. The maximum Gasteiger partial charge on any atom is 0.0554 e. The Morgan fingerprint density at radius 3 is 1.90 bits per heavy atom. The van der Waals surface area contributed by atoms with Gasteiger partial charge in [0.2, 0.25) is 0 Å². The fourth-order valence-corrected chi connectivity index (χ4v) is 0.534. The number of rotatable bonds is 0. The van der Waals surface area contributed by atoms with Crippen LogP contribution in [-0.2, 0) is 0 Å². The predicted octanol–water partition coefficient (Wildman–Crippen LogP) is 2.66. The molecule has 0 aliphatic heterocycles. The summed E-state index contributed by atoms with van der Waals surface area (Å²) in [5.74, 6) is 0. The van der Waals surface area contributed by atoms with E-state index in [1.807, 2.05) is 18.2 Å². The van der Waals surface area contributed by atoms with Crippen molar-refractivity contribution >= 4 is 17.4 Å². The van der Waals surface area contributed by atoms with Gasteiger partial charge in [-0.15, -0.1) is 0 Å². The molecule has 0 saturated heterocycles. The second-order valence-corrected chi connectivity index (χ2v) is 1.96. The molecule has 0 aliphatic carbocycles. The maximum absolute atomic E-state index is 5.77. The van der Waals surface area contributed by atoms with E-state index in [0.29, 0.717) is 0 Å². The SMILES string of the molecule is Cc1ccccc1.N=C=S. The van der Waals surface area contributed by atoms with Gasteiger partial charge in [0.25, 0.3) is 0 Å². The molecule has 0 bridgehead atoms. The van der Waals surface area contributed by atoms with Crippen LogP contribution >= 0.6 is 12.2 Å². The monoisotopic (exact) mass is 151 g/mol. The average molecular weight is 151 g/mol. The molecule has 52 valence electrons. The molecule has 1 aromatic carbocycles. The van der Waals surface area contributed by atoms with Gasteiger partial charge in [-0.05, 0) is 19.1 Å². The van der Waals surface area contributed by atoms with Gasteiger partial charge in [-0.3, -0.25) is 0 Å². The number of aryl methyl sites for hydroxylation is 1. The van der Waals surface area contributed by atoms with Crippen LogP contribution < -0.4 is 0 Å². The first-order valence-electron chi connectivity index (χ1n) is 2.86. The lowest BCUT2D eigenvalue weighted by atomic mass is 10.2. The first-order valence-corrected chi connectivity index (χ1v) is 3.27. The van der Waals surface area contributed by atoms with Gasteiger partial charge in [-0.1, -0.05) is 35.9 Å². The lowest BCUT2D eigenvalue weighted by molar-refractivity contribution is 1.48. The minimum Gasteiger partial charge on any atom is -0.248 e. The molecule has 0 saturated carbocycles. The van der Waals surface area contributed by atoms with Crippen molar-refractivity contribution < 1.29 is 0 Å². The normalized spacial score (nSPS) is 6.90. The Balaban J connectivity index is 0.000000236. The Morgan fingerprint density at radius 1 is 1.30 bits per heavy atom. The number of benzene rings is 1. The standard InChI is InChI=1S/C7H8.CHNS/c1-7-5-3-2-4-6-7;2-1-3/h2-6H,1H3;2H. The highest BCUT2D eigenvalue weighted by Gasteiger charge is 1.72.